The summed E-state index contributed by atoms with van der Waals surface area (Å²) in [6.07, 6.45) is 4.56. The van der Waals surface area contributed by atoms with Crippen molar-refractivity contribution in [3.8, 4) is 118 Å². The molecule has 0 radical (unpaired) electrons. The molecule has 2 saturated heterocycles. The van der Waals surface area contributed by atoms with Crippen molar-refractivity contribution >= 4 is 12.3 Å². The summed E-state index contributed by atoms with van der Waals surface area (Å²) in [5.74, 6) is 65.1. The topological polar surface area (TPSA) is 108 Å². The predicted octanol–water partition coefficient (Wildman–Crippen LogP) is 13.2. The third kappa shape index (κ3) is 21.5. The molecular formula is C75H70O10. The summed E-state index contributed by atoms with van der Waals surface area (Å²) in [7, 11) is 0. The molecule has 4 aromatic carbocycles. The van der Waals surface area contributed by atoms with Gasteiger partial charge in [0, 0.05) is 135 Å². The maximum atomic E-state index is 12.9. The van der Waals surface area contributed by atoms with Gasteiger partial charge in [-0.1, -0.05) is 160 Å². The maximum absolute atomic E-state index is 12.9. The Hall–Kier alpha value is -9.14. The van der Waals surface area contributed by atoms with Gasteiger partial charge >= 0.3 is 12.3 Å². The van der Waals surface area contributed by atoms with E-state index >= 15 is 0 Å². The molecule has 0 unspecified atom stereocenters. The zero-order valence-corrected chi connectivity index (χ0v) is 49.7. The molecule has 0 saturated carbocycles. The van der Waals surface area contributed by atoms with Crippen LogP contribution in [0.25, 0.3) is 0 Å². The molecule has 430 valence electrons. The summed E-state index contributed by atoms with van der Waals surface area (Å²) in [6.45, 7) is 14.1. The number of hydrogen-bond donors (Lipinski definition) is 0. The highest BCUT2D eigenvalue weighted by Crippen LogP contribution is 2.34. The molecule has 10 rings (SSSR count). The van der Waals surface area contributed by atoms with Crippen LogP contribution in [0.5, 0.6) is 0 Å². The molecule has 6 aliphatic rings. The minimum absolute atomic E-state index is 0.0281. The first-order valence-electron chi connectivity index (χ1n) is 29.2. The van der Waals surface area contributed by atoms with Crippen LogP contribution in [-0.4, -0.2) is 65.2 Å². The van der Waals surface area contributed by atoms with Crippen LogP contribution in [0.4, 0.5) is 9.59 Å². The van der Waals surface area contributed by atoms with Crippen LogP contribution in [0.1, 0.15) is 209 Å². The van der Waals surface area contributed by atoms with Gasteiger partial charge in [0.25, 0.3) is 0 Å². The van der Waals surface area contributed by atoms with Crippen LogP contribution >= 0.6 is 0 Å². The predicted molar refractivity (Wildman–Crippen MR) is 329 cm³/mol. The lowest BCUT2D eigenvalue weighted by molar-refractivity contribution is -0.226. The van der Waals surface area contributed by atoms with Crippen LogP contribution in [0.15, 0.2) is 60.7 Å². The van der Waals surface area contributed by atoms with Gasteiger partial charge in [0.15, 0.2) is 12.6 Å². The Morgan fingerprint density at radius 3 is 1.02 bits per heavy atom. The lowest BCUT2D eigenvalue weighted by Crippen LogP contribution is -2.34. The van der Waals surface area contributed by atoms with Gasteiger partial charge in [-0.3, -0.25) is 0 Å². The Bertz CT molecular complexity index is 3640. The highest BCUT2D eigenvalue weighted by atomic mass is 16.7. The molecule has 6 heterocycles. The van der Waals surface area contributed by atoms with Crippen LogP contribution < -0.4 is 0 Å². The highest BCUT2D eigenvalue weighted by molar-refractivity contribution is 5.63. The number of carbonyl (C=O) groups is 2. The van der Waals surface area contributed by atoms with Crippen LogP contribution in [0.3, 0.4) is 0 Å². The minimum atomic E-state index is -0.844. The van der Waals surface area contributed by atoms with Crippen molar-refractivity contribution in [2.45, 2.75) is 131 Å². The van der Waals surface area contributed by atoms with E-state index in [1.165, 1.54) is 0 Å². The van der Waals surface area contributed by atoms with Gasteiger partial charge in [-0.15, -0.1) is 0 Å². The second-order valence-electron chi connectivity index (χ2n) is 20.6. The molecule has 0 aromatic heterocycles. The van der Waals surface area contributed by atoms with Crippen LogP contribution in [0, 0.1) is 124 Å². The fourth-order valence-electron chi connectivity index (χ4n) is 8.24. The van der Waals surface area contributed by atoms with Gasteiger partial charge in [0.05, 0.1) is 26.4 Å². The molecule has 85 heavy (non-hydrogen) atoms. The molecule has 4 aromatic rings. The van der Waals surface area contributed by atoms with E-state index in [-0.39, 0.29) is 57.5 Å². The Balaban J connectivity index is 1.20. The average Bonchev–Trinajstić information content (AvgIpc) is 4.20. The molecule has 0 N–H and O–H groups in total. The Morgan fingerprint density at radius 2 is 0.694 bits per heavy atom. The van der Waals surface area contributed by atoms with Crippen LogP contribution in [-0.2, 0) is 37.9 Å². The molecule has 0 spiro atoms. The van der Waals surface area contributed by atoms with E-state index in [0.717, 1.165) is 84.7 Å². The van der Waals surface area contributed by atoms with E-state index in [2.05, 4.69) is 160 Å². The summed E-state index contributed by atoms with van der Waals surface area (Å²) in [4.78, 5) is 25.8. The van der Waals surface area contributed by atoms with Crippen molar-refractivity contribution in [1.82, 2.24) is 0 Å². The smallest absolute Gasteiger partial charge is 0.433 e. The SMILES string of the molecule is CCCC#Cc1cc(C#CCCC)cc(C#Cc2cc3c(C4OCCO4)cc2C#CCCOC(=O)OCCC#Cc2cc(C#Cc4cc(C#CCCC)cc(C#CCCC)c4)c(cc2C2OCC(C)(C)CO2)C#CCCOC(=O)OCCC#C3)c1. The number of benzene rings is 4. The monoisotopic (exact) mass is 1130 g/mol. The quantitative estimate of drug-likeness (QED) is 0.137. The van der Waals surface area contributed by atoms with Crippen molar-refractivity contribution in [3.05, 3.63) is 139 Å². The molecule has 2 fully saturated rings. The molecule has 0 aliphatic carbocycles. The van der Waals surface area contributed by atoms with Gasteiger partial charge in [-0.05, 0) is 86.3 Å². The maximum Gasteiger partial charge on any atom is 0.508 e. The number of rotatable bonds is 6. The molecule has 0 amide bonds. The first-order valence-corrected chi connectivity index (χ1v) is 29.2. The second-order valence-corrected chi connectivity index (χ2v) is 20.6. The van der Waals surface area contributed by atoms with Gasteiger partial charge < -0.3 is 37.9 Å². The Labute approximate surface area is 503 Å². The van der Waals surface area contributed by atoms with Crippen molar-refractivity contribution in [3.63, 3.8) is 0 Å². The third-order valence-corrected chi connectivity index (χ3v) is 12.4. The zero-order valence-electron chi connectivity index (χ0n) is 49.7. The number of ether oxygens (including phenoxy) is 8. The molecule has 4 bridgehead atoms. The van der Waals surface area contributed by atoms with Crippen molar-refractivity contribution in [2.75, 3.05) is 52.9 Å². The van der Waals surface area contributed by atoms with Crippen LogP contribution in [0.2, 0.25) is 0 Å². The van der Waals surface area contributed by atoms with E-state index in [9.17, 15) is 9.59 Å². The first kappa shape index (κ1) is 63.4. The fraction of sp³-hybridized carbons (Fsp3) is 0.387. The normalized spacial score (nSPS) is 15.1. The number of hydrogen-bond acceptors (Lipinski definition) is 10. The summed E-state index contributed by atoms with van der Waals surface area (Å²) >= 11 is 0. The van der Waals surface area contributed by atoms with E-state index in [1.807, 2.05) is 60.7 Å². The fourth-order valence-corrected chi connectivity index (χ4v) is 8.24. The standard InChI is InChI=1S/C75H70O10/c1-7-11-15-27-57-45-58(28-16-12-8-2)48-61(47-57)35-37-65-51-67-33-21-25-41-82-73(76)81-40-24-20-32-64-54-70(72-84-55-75(5,6)56-85-72)68(52-66(64)38-36-62-49-59(29-17-13-9-3)46-60(50-62)30-18-14-10-4)34-22-26-42-83-74(77)80-39-23-19-31-63(65)53-69(67)71-78-43-44-79-71/h45-54,71-72H,7-14,23-26,39-44,55-56H2,1-6H3. The summed E-state index contributed by atoms with van der Waals surface area (Å²) in [6, 6.07) is 19.3. The van der Waals surface area contributed by atoms with E-state index < -0.39 is 24.9 Å². The summed E-state index contributed by atoms with van der Waals surface area (Å²) < 4.78 is 46.3. The van der Waals surface area contributed by atoms with Gasteiger partial charge in [0.1, 0.15) is 26.4 Å². The number of carbonyl (C=O) groups excluding carboxylic acids is 2. The molecule has 10 heteroatoms. The highest BCUT2D eigenvalue weighted by Gasteiger charge is 2.31. The average molecular weight is 1130 g/mol. The molecule has 10 nitrogen and oxygen atoms in total. The van der Waals surface area contributed by atoms with Crippen molar-refractivity contribution < 1.29 is 47.5 Å². The third-order valence-electron chi connectivity index (χ3n) is 12.4. The largest absolute Gasteiger partial charge is 0.508 e. The van der Waals surface area contributed by atoms with Crippen molar-refractivity contribution in [2.24, 2.45) is 5.41 Å². The Morgan fingerprint density at radius 1 is 0.388 bits per heavy atom. The molecule has 0 atom stereocenters. The van der Waals surface area contributed by atoms with E-state index in [4.69, 9.17) is 37.9 Å². The molecule has 6 aliphatic heterocycles. The van der Waals surface area contributed by atoms with E-state index in [0.29, 0.717) is 70.9 Å². The van der Waals surface area contributed by atoms with Gasteiger partial charge in [0.2, 0.25) is 0 Å². The Kier molecular flexibility index (Phi) is 25.7. The molecular weight excluding hydrogens is 1060 g/mol. The van der Waals surface area contributed by atoms with E-state index in [1.54, 1.807) is 0 Å². The first-order chi connectivity index (χ1) is 41.5. The lowest BCUT2D eigenvalue weighted by atomic mass is 9.94. The zero-order chi connectivity index (χ0) is 59.9. The second kappa shape index (κ2) is 34.5. The van der Waals surface area contributed by atoms with Gasteiger partial charge in [-0.25, -0.2) is 9.59 Å². The van der Waals surface area contributed by atoms with Crippen molar-refractivity contribution in [1.29, 1.82) is 0 Å². The van der Waals surface area contributed by atoms with Gasteiger partial charge in [-0.2, -0.15) is 0 Å². The lowest BCUT2D eigenvalue weighted by Gasteiger charge is -2.35. The summed E-state index contributed by atoms with van der Waals surface area (Å²) in [5, 5.41) is 0. The summed E-state index contributed by atoms with van der Waals surface area (Å²) in [5.41, 5.74) is 9.48. The minimum Gasteiger partial charge on any atom is -0.433 e. The number of unbranched alkanes of at least 4 members (excludes halogenated alkanes) is 4.